The molecule has 2 aromatic heterocycles. The highest BCUT2D eigenvalue weighted by Gasteiger charge is 2.24. The first-order valence-corrected chi connectivity index (χ1v) is 7.21. The van der Waals surface area contributed by atoms with Gasteiger partial charge in [0.15, 0.2) is 18.3 Å². The predicted octanol–water partition coefficient (Wildman–Crippen LogP) is 2.48. The summed E-state index contributed by atoms with van der Waals surface area (Å²) in [6.07, 6.45) is 4.06. The number of aryl methyl sites for hydroxylation is 1. The van der Waals surface area contributed by atoms with Gasteiger partial charge < -0.3 is 9.15 Å². The van der Waals surface area contributed by atoms with Crippen molar-refractivity contribution in [3.63, 3.8) is 0 Å². The SMILES string of the molecule is Cc1csc([C@H](C#N)C(=O)COC(=O)/C=C/c2ccco2)n1. The molecular weight excluding hydrogens is 304 g/mol. The van der Waals surface area contributed by atoms with Gasteiger partial charge in [-0.2, -0.15) is 5.26 Å². The van der Waals surface area contributed by atoms with Gasteiger partial charge in [0, 0.05) is 17.2 Å². The number of carbonyl (C=O) groups is 2. The van der Waals surface area contributed by atoms with Gasteiger partial charge in [-0.15, -0.1) is 11.3 Å². The minimum atomic E-state index is -1.01. The van der Waals surface area contributed by atoms with Crippen LogP contribution in [0.1, 0.15) is 22.4 Å². The molecule has 2 aromatic rings. The Bertz CT molecular complexity index is 725. The average molecular weight is 316 g/mol. The number of ketones is 1. The third-order valence-electron chi connectivity index (χ3n) is 2.62. The van der Waals surface area contributed by atoms with Crippen molar-refractivity contribution in [2.45, 2.75) is 12.8 Å². The van der Waals surface area contributed by atoms with Crippen LogP contribution in [0.3, 0.4) is 0 Å². The van der Waals surface area contributed by atoms with Crippen LogP contribution >= 0.6 is 11.3 Å². The van der Waals surface area contributed by atoms with Gasteiger partial charge in [0.2, 0.25) is 0 Å². The molecule has 0 radical (unpaired) electrons. The first-order valence-electron chi connectivity index (χ1n) is 6.33. The molecule has 7 heteroatoms. The zero-order chi connectivity index (χ0) is 15.9. The van der Waals surface area contributed by atoms with E-state index in [1.807, 2.05) is 6.07 Å². The van der Waals surface area contributed by atoms with Gasteiger partial charge in [0.1, 0.15) is 10.8 Å². The lowest BCUT2D eigenvalue weighted by Gasteiger charge is -2.05. The maximum Gasteiger partial charge on any atom is 0.331 e. The van der Waals surface area contributed by atoms with E-state index in [9.17, 15) is 9.59 Å². The zero-order valence-electron chi connectivity index (χ0n) is 11.7. The van der Waals surface area contributed by atoms with Crippen molar-refractivity contribution in [2.75, 3.05) is 6.61 Å². The van der Waals surface area contributed by atoms with E-state index in [4.69, 9.17) is 14.4 Å². The minimum absolute atomic E-state index is 0.409. The number of hydrogen-bond acceptors (Lipinski definition) is 7. The highest BCUT2D eigenvalue weighted by Crippen LogP contribution is 2.20. The Morgan fingerprint density at radius 3 is 3.00 bits per heavy atom. The van der Waals surface area contributed by atoms with Crippen LogP contribution in [0, 0.1) is 18.3 Å². The molecule has 0 aliphatic carbocycles. The van der Waals surface area contributed by atoms with Crippen LogP contribution in [0.25, 0.3) is 6.08 Å². The van der Waals surface area contributed by atoms with E-state index in [1.54, 1.807) is 24.4 Å². The lowest BCUT2D eigenvalue weighted by atomic mass is 10.1. The first kappa shape index (κ1) is 15.7. The van der Waals surface area contributed by atoms with Crippen molar-refractivity contribution >= 4 is 29.2 Å². The molecule has 0 saturated carbocycles. The molecule has 1 atom stereocenters. The molecule has 112 valence electrons. The summed E-state index contributed by atoms with van der Waals surface area (Å²) in [5.41, 5.74) is 0.742. The van der Waals surface area contributed by atoms with Crippen LogP contribution in [-0.4, -0.2) is 23.3 Å². The summed E-state index contributed by atoms with van der Waals surface area (Å²) in [5, 5.41) is 11.2. The van der Waals surface area contributed by atoms with Crippen molar-refractivity contribution in [3.05, 3.63) is 46.3 Å². The molecule has 22 heavy (non-hydrogen) atoms. The number of thiazole rings is 1. The molecular formula is C15H12N2O4S. The quantitative estimate of drug-likeness (QED) is 0.600. The fourth-order valence-electron chi connectivity index (χ4n) is 1.58. The van der Waals surface area contributed by atoms with Crippen LogP contribution in [0.15, 0.2) is 34.3 Å². The summed E-state index contributed by atoms with van der Waals surface area (Å²) >= 11 is 1.23. The van der Waals surface area contributed by atoms with Crippen LogP contribution in [0.4, 0.5) is 0 Å². The third kappa shape index (κ3) is 4.14. The molecule has 2 heterocycles. The van der Waals surface area contributed by atoms with Crippen molar-refractivity contribution < 1.29 is 18.7 Å². The second kappa shape index (κ2) is 7.33. The summed E-state index contributed by atoms with van der Waals surface area (Å²) in [5.74, 6) is -1.70. The summed E-state index contributed by atoms with van der Waals surface area (Å²) in [4.78, 5) is 27.5. The number of rotatable bonds is 6. The van der Waals surface area contributed by atoms with Crippen LogP contribution in [-0.2, 0) is 14.3 Å². The highest BCUT2D eigenvalue weighted by molar-refractivity contribution is 7.09. The molecule has 0 spiro atoms. The van der Waals surface area contributed by atoms with Gasteiger partial charge in [-0.3, -0.25) is 4.79 Å². The van der Waals surface area contributed by atoms with E-state index in [0.29, 0.717) is 10.8 Å². The third-order valence-corrected chi connectivity index (χ3v) is 3.65. The molecule has 0 aromatic carbocycles. The van der Waals surface area contributed by atoms with Gasteiger partial charge in [0.05, 0.1) is 12.3 Å². The first-order chi connectivity index (χ1) is 10.6. The lowest BCUT2D eigenvalue weighted by molar-refractivity contribution is -0.143. The fourth-order valence-corrected chi connectivity index (χ4v) is 2.44. The number of Topliss-reactive ketones (excluding diaryl/α,β-unsaturated/α-hetero) is 1. The van der Waals surface area contributed by atoms with Crippen LogP contribution < -0.4 is 0 Å². The standard InChI is InChI=1S/C15H12N2O4S/c1-10-9-22-15(17-10)12(7-16)13(18)8-21-14(19)5-4-11-3-2-6-20-11/h2-6,9,12H,8H2,1H3/b5-4+/t12-/m1/s1. The van der Waals surface area contributed by atoms with Gasteiger partial charge in [-0.1, -0.05) is 0 Å². The summed E-state index contributed by atoms with van der Waals surface area (Å²) in [7, 11) is 0. The topological polar surface area (TPSA) is 93.2 Å². The van der Waals surface area contributed by atoms with Crippen LogP contribution in [0.5, 0.6) is 0 Å². The van der Waals surface area contributed by atoms with E-state index < -0.39 is 24.3 Å². The van der Waals surface area contributed by atoms with Crippen molar-refractivity contribution in [3.8, 4) is 6.07 Å². The Morgan fingerprint density at radius 2 is 2.41 bits per heavy atom. The summed E-state index contributed by atoms with van der Waals surface area (Å²) in [6, 6.07) is 5.24. The molecule has 0 bridgehead atoms. The van der Waals surface area contributed by atoms with E-state index in [1.165, 1.54) is 23.7 Å². The number of nitrogens with zero attached hydrogens (tertiary/aromatic N) is 2. The number of carbonyl (C=O) groups excluding carboxylic acids is 2. The molecule has 0 fully saturated rings. The largest absolute Gasteiger partial charge is 0.465 e. The zero-order valence-corrected chi connectivity index (χ0v) is 12.5. The number of nitriles is 1. The average Bonchev–Trinajstić information content (AvgIpc) is 3.15. The van der Waals surface area contributed by atoms with Crippen molar-refractivity contribution in [1.29, 1.82) is 5.26 Å². The van der Waals surface area contributed by atoms with E-state index >= 15 is 0 Å². The van der Waals surface area contributed by atoms with Gasteiger partial charge in [-0.25, -0.2) is 9.78 Å². The number of furan rings is 1. The molecule has 6 nitrogen and oxygen atoms in total. The van der Waals surface area contributed by atoms with Gasteiger partial charge in [0.25, 0.3) is 0 Å². The Hall–Kier alpha value is -2.72. The monoisotopic (exact) mass is 316 g/mol. The van der Waals surface area contributed by atoms with Crippen LogP contribution in [0.2, 0.25) is 0 Å². The molecule has 0 unspecified atom stereocenters. The van der Waals surface area contributed by atoms with Crippen molar-refractivity contribution in [1.82, 2.24) is 4.98 Å². The number of aromatic nitrogens is 1. The Labute approximate surface area is 130 Å². The number of ether oxygens (including phenoxy) is 1. The minimum Gasteiger partial charge on any atom is -0.465 e. The number of esters is 1. The summed E-state index contributed by atoms with van der Waals surface area (Å²) in [6.45, 7) is 1.30. The Kier molecular flexibility index (Phi) is 5.22. The number of hydrogen-bond donors (Lipinski definition) is 0. The second-order valence-corrected chi connectivity index (χ2v) is 5.20. The Morgan fingerprint density at radius 1 is 1.59 bits per heavy atom. The van der Waals surface area contributed by atoms with E-state index in [0.717, 1.165) is 11.8 Å². The summed E-state index contributed by atoms with van der Waals surface area (Å²) < 4.78 is 9.84. The predicted molar refractivity (Wildman–Crippen MR) is 78.9 cm³/mol. The second-order valence-electron chi connectivity index (χ2n) is 4.31. The highest BCUT2D eigenvalue weighted by atomic mass is 32.1. The molecule has 0 aliphatic heterocycles. The van der Waals surface area contributed by atoms with E-state index in [2.05, 4.69) is 4.98 Å². The molecule has 0 N–H and O–H groups in total. The van der Waals surface area contributed by atoms with Gasteiger partial charge in [-0.05, 0) is 25.1 Å². The normalized spacial score (nSPS) is 12.0. The maximum absolute atomic E-state index is 11.9. The molecule has 0 aliphatic rings. The lowest BCUT2D eigenvalue weighted by Crippen LogP contribution is -2.19. The maximum atomic E-state index is 11.9. The van der Waals surface area contributed by atoms with Crippen molar-refractivity contribution in [2.24, 2.45) is 0 Å². The fraction of sp³-hybridized carbons (Fsp3) is 0.200. The molecule has 0 amide bonds. The molecule has 0 saturated heterocycles. The molecule has 2 rings (SSSR count). The smallest absolute Gasteiger partial charge is 0.331 e. The Balaban J connectivity index is 1.89. The van der Waals surface area contributed by atoms with E-state index in [-0.39, 0.29) is 0 Å². The van der Waals surface area contributed by atoms with Gasteiger partial charge >= 0.3 is 5.97 Å².